The van der Waals surface area contributed by atoms with Crippen molar-refractivity contribution in [3.63, 3.8) is 0 Å². The van der Waals surface area contributed by atoms with Crippen LogP contribution in [0.5, 0.6) is 0 Å². The summed E-state index contributed by atoms with van der Waals surface area (Å²) in [6, 6.07) is 1.75. The van der Waals surface area contributed by atoms with Gasteiger partial charge in [0.1, 0.15) is 12.6 Å². The van der Waals surface area contributed by atoms with Crippen LogP contribution in [0.15, 0.2) is 12.4 Å². The topological polar surface area (TPSA) is 81.9 Å². The van der Waals surface area contributed by atoms with Gasteiger partial charge in [-0.2, -0.15) is 18.4 Å². The maximum absolute atomic E-state index is 12.1. The molecule has 1 amide bonds. The molecule has 0 spiro atoms. The molecular weight excluding hydrogens is 263 g/mol. The Kier molecular flexibility index (Phi) is 4.63. The largest absolute Gasteiger partial charge is 0.406 e. The standard InChI is InChI=1S/C10H10F3N5O/c1-18(6-10(11,12)13)8(19)5-17-9-7(4-14)15-2-3-16-9/h2-3H,5-6H2,1H3,(H,16,17). The van der Waals surface area contributed by atoms with Crippen LogP contribution in [-0.2, 0) is 4.79 Å². The Balaban J connectivity index is 2.57. The van der Waals surface area contributed by atoms with Crippen LogP contribution in [-0.4, -0.2) is 47.1 Å². The number of nitrogens with one attached hydrogen (secondary N) is 1. The maximum Gasteiger partial charge on any atom is 0.406 e. The van der Waals surface area contributed by atoms with Crippen molar-refractivity contribution in [2.75, 3.05) is 25.5 Å². The molecule has 0 saturated carbocycles. The van der Waals surface area contributed by atoms with Crippen LogP contribution in [0.4, 0.5) is 19.0 Å². The quantitative estimate of drug-likeness (QED) is 0.876. The highest BCUT2D eigenvalue weighted by Crippen LogP contribution is 2.15. The molecule has 0 atom stereocenters. The summed E-state index contributed by atoms with van der Waals surface area (Å²) in [4.78, 5) is 19.4. The first kappa shape index (κ1) is 14.7. The first-order valence-corrected chi connectivity index (χ1v) is 5.09. The molecule has 1 N–H and O–H groups in total. The maximum atomic E-state index is 12.1. The predicted octanol–water partition coefficient (Wildman–Crippen LogP) is 0.781. The smallest absolute Gasteiger partial charge is 0.359 e. The summed E-state index contributed by atoms with van der Waals surface area (Å²) in [5, 5.41) is 11.2. The van der Waals surface area contributed by atoms with Crippen molar-refractivity contribution in [2.24, 2.45) is 0 Å². The van der Waals surface area contributed by atoms with Gasteiger partial charge in [0.2, 0.25) is 5.91 Å². The number of carbonyl (C=O) groups is 1. The molecule has 6 nitrogen and oxygen atoms in total. The third kappa shape index (κ3) is 4.79. The van der Waals surface area contributed by atoms with E-state index >= 15 is 0 Å². The van der Waals surface area contributed by atoms with E-state index in [2.05, 4.69) is 15.3 Å². The Morgan fingerprint density at radius 2 is 2.11 bits per heavy atom. The summed E-state index contributed by atoms with van der Waals surface area (Å²) in [7, 11) is 1.04. The Labute approximate surface area is 106 Å². The normalized spacial score (nSPS) is 10.7. The summed E-state index contributed by atoms with van der Waals surface area (Å²) in [6.45, 7) is -1.74. The van der Waals surface area contributed by atoms with E-state index < -0.39 is 25.2 Å². The molecular formula is C10H10F3N5O. The number of alkyl halides is 3. The Morgan fingerprint density at radius 3 is 2.68 bits per heavy atom. The van der Waals surface area contributed by atoms with Crippen LogP contribution < -0.4 is 5.32 Å². The molecule has 1 heterocycles. The van der Waals surface area contributed by atoms with Crippen LogP contribution in [0.25, 0.3) is 0 Å². The zero-order valence-electron chi connectivity index (χ0n) is 9.90. The molecule has 0 aliphatic heterocycles. The fraction of sp³-hybridized carbons (Fsp3) is 0.400. The van der Waals surface area contributed by atoms with Gasteiger partial charge >= 0.3 is 6.18 Å². The van der Waals surface area contributed by atoms with Gasteiger partial charge < -0.3 is 10.2 Å². The van der Waals surface area contributed by atoms with Gasteiger partial charge in [-0.1, -0.05) is 0 Å². The summed E-state index contributed by atoms with van der Waals surface area (Å²) in [6.07, 6.45) is -1.86. The van der Waals surface area contributed by atoms with Crippen molar-refractivity contribution < 1.29 is 18.0 Å². The number of nitriles is 1. The van der Waals surface area contributed by atoms with Crippen LogP contribution in [0.3, 0.4) is 0 Å². The number of likely N-dealkylation sites (N-methyl/N-ethyl adjacent to an activating group) is 1. The molecule has 0 aliphatic rings. The number of nitrogens with zero attached hydrogens (tertiary/aromatic N) is 4. The first-order chi connectivity index (χ1) is 8.83. The van der Waals surface area contributed by atoms with E-state index in [0.29, 0.717) is 4.90 Å². The molecule has 19 heavy (non-hydrogen) atoms. The van der Waals surface area contributed by atoms with Crippen LogP contribution in [0.2, 0.25) is 0 Å². The summed E-state index contributed by atoms with van der Waals surface area (Å²) in [5.74, 6) is -0.717. The van der Waals surface area contributed by atoms with Crippen LogP contribution >= 0.6 is 0 Å². The van der Waals surface area contributed by atoms with E-state index in [1.807, 2.05) is 0 Å². The van der Waals surface area contributed by atoms with Crippen molar-refractivity contribution in [3.8, 4) is 6.07 Å². The van der Waals surface area contributed by atoms with E-state index in [9.17, 15) is 18.0 Å². The third-order valence-electron chi connectivity index (χ3n) is 2.05. The molecule has 0 bridgehead atoms. The zero-order chi connectivity index (χ0) is 14.5. The minimum absolute atomic E-state index is 0.0335. The number of carbonyl (C=O) groups excluding carboxylic acids is 1. The number of amides is 1. The fourth-order valence-corrected chi connectivity index (χ4v) is 1.20. The van der Waals surface area contributed by atoms with Gasteiger partial charge in [-0.05, 0) is 0 Å². The molecule has 0 radical (unpaired) electrons. The molecule has 0 aromatic carbocycles. The van der Waals surface area contributed by atoms with E-state index in [4.69, 9.17) is 5.26 Å². The average molecular weight is 273 g/mol. The Bertz CT molecular complexity index is 497. The lowest BCUT2D eigenvalue weighted by atomic mass is 10.4. The number of aromatic nitrogens is 2. The van der Waals surface area contributed by atoms with E-state index in [-0.39, 0.29) is 11.5 Å². The molecule has 1 aromatic rings. The van der Waals surface area contributed by atoms with Gasteiger partial charge in [-0.15, -0.1) is 0 Å². The average Bonchev–Trinajstić information content (AvgIpc) is 2.34. The van der Waals surface area contributed by atoms with Gasteiger partial charge in [0.15, 0.2) is 11.5 Å². The highest BCUT2D eigenvalue weighted by Gasteiger charge is 2.31. The third-order valence-corrected chi connectivity index (χ3v) is 2.05. The van der Waals surface area contributed by atoms with Crippen LogP contribution in [0, 0.1) is 11.3 Å². The van der Waals surface area contributed by atoms with Gasteiger partial charge in [0.25, 0.3) is 0 Å². The van der Waals surface area contributed by atoms with E-state index in [1.54, 1.807) is 6.07 Å². The van der Waals surface area contributed by atoms with Crippen molar-refractivity contribution >= 4 is 11.7 Å². The number of hydrogen-bond donors (Lipinski definition) is 1. The second-order valence-corrected chi connectivity index (χ2v) is 3.58. The first-order valence-electron chi connectivity index (χ1n) is 5.09. The molecule has 0 unspecified atom stereocenters. The minimum Gasteiger partial charge on any atom is -0.359 e. The molecule has 1 aromatic heterocycles. The highest BCUT2D eigenvalue weighted by atomic mass is 19.4. The van der Waals surface area contributed by atoms with E-state index in [0.717, 1.165) is 7.05 Å². The summed E-state index contributed by atoms with van der Waals surface area (Å²) < 4.78 is 36.2. The van der Waals surface area contributed by atoms with Crippen LogP contribution in [0.1, 0.15) is 5.69 Å². The number of hydrogen-bond acceptors (Lipinski definition) is 5. The highest BCUT2D eigenvalue weighted by molar-refractivity contribution is 5.80. The van der Waals surface area contributed by atoms with Crippen molar-refractivity contribution in [2.45, 2.75) is 6.18 Å². The summed E-state index contributed by atoms with van der Waals surface area (Å²) >= 11 is 0. The van der Waals surface area contributed by atoms with Crippen molar-refractivity contribution in [1.29, 1.82) is 5.26 Å². The Morgan fingerprint density at radius 1 is 1.47 bits per heavy atom. The van der Waals surface area contributed by atoms with Gasteiger partial charge in [-0.25, -0.2) is 9.97 Å². The van der Waals surface area contributed by atoms with Crippen molar-refractivity contribution in [1.82, 2.24) is 14.9 Å². The zero-order valence-corrected chi connectivity index (χ0v) is 9.90. The van der Waals surface area contributed by atoms with Gasteiger partial charge in [0, 0.05) is 19.4 Å². The Hall–Kier alpha value is -2.37. The lowest BCUT2D eigenvalue weighted by Gasteiger charge is -2.19. The minimum atomic E-state index is -4.45. The molecule has 9 heteroatoms. The van der Waals surface area contributed by atoms with Crippen molar-refractivity contribution in [3.05, 3.63) is 18.1 Å². The second kappa shape index (κ2) is 5.99. The van der Waals surface area contributed by atoms with Gasteiger partial charge in [-0.3, -0.25) is 4.79 Å². The second-order valence-electron chi connectivity index (χ2n) is 3.58. The number of halogens is 3. The molecule has 0 aliphatic carbocycles. The lowest BCUT2D eigenvalue weighted by Crippen LogP contribution is -2.39. The van der Waals surface area contributed by atoms with E-state index in [1.165, 1.54) is 12.4 Å². The molecule has 0 fully saturated rings. The SMILES string of the molecule is CN(CC(F)(F)F)C(=O)CNc1nccnc1C#N. The molecule has 102 valence electrons. The molecule has 0 saturated heterocycles. The number of rotatable bonds is 4. The summed E-state index contributed by atoms with van der Waals surface area (Å²) in [5.41, 5.74) is -0.0335. The van der Waals surface area contributed by atoms with Gasteiger partial charge in [0.05, 0.1) is 6.54 Å². The lowest BCUT2D eigenvalue weighted by molar-refractivity contribution is -0.157. The predicted molar refractivity (Wildman–Crippen MR) is 58.9 cm³/mol. The monoisotopic (exact) mass is 273 g/mol. The molecule has 1 rings (SSSR count). The fourth-order valence-electron chi connectivity index (χ4n) is 1.20. The number of anilines is 1.